The molecule has 0 aliphatic rings. The molecule has 4 nitrogen and oxygen atoms in total. The number of amides is 1. The molecule has 3 aromatic rings. The van der Waals surface area contributed by atoms with Crippen LogP contribution in [0.15, 0.2) is 64.2 Å². The van der Waals surface area contributed by atoms with Crippen LogP contribution in [0.4, 0.5) is 0 Å². The molecule has 0 aliphatic carbocycles. The molecular weight excluding hydrogens is 398 g/mol. The fourth-order valence-corrected chi connectivity index (χ4v) is 6.15. The highest BCUT2D eigenvalue weighted by atomic mass is 32.2. The van der Waals surface area contributed by atoms with Gasteiger partial charge in [0, 0.05) is 11.4 Å². The van der Waals surface area contributed by atoms with E-state index >= 15 is 0 Å². The minimum Gasteiger partial charge on any atom is -0.350 e. The molecule has 3 rings (SSSR count). The third-order valence-electron chi connectivity index (χ3n) is 4.30. The van der Waals surface area contributed by atoms with E-state index < -0.39 is 15.1 Å². The van der Waals surface area contributed by atoms with E-state index in [0.717, 1.165) is 10.4 Å². The van der Waals surface area contributed by atoms with Gasteiger partial charge in [0.25, 0.3) is 5.91 Å². The van der Waals surface area contributed by atoms with E-state index in [1.165, 1.54) is 22.7 Å². The lowest BCUT2D eigenvalue weighted by molar-refractivity contribution is 0.0958. The Labute approximate surface area is 167 Å². The van der Waals surface area contributed by atoms with Crippen LogP contribution in [0.5, 0.6) is 0 Å². The second kappa shape index (κ2) is 8.37. The average molecular weight is 420 g/mol. The van der Waals surface area contributed by atoms with Gasteiger partial charge in [-0.1, -0.05) is 38.1 Å². The second-order valence-corrected chi connectivity index (χ2v) is 10.5. The first-order chi connectivity index (χ1) is 12.9. The van der Waals surface area contributed by atoms with E-state index in [4.69, 9.17) is 0 Å². The summed E-state index contributed by atoms with van der Waals surface area (Å²) in [4.78, 5) is 13.8. The monoisotopic (exact) mass is 419 g/mol. The number of sulfone groups is 1. The molecule has 0 radical (unpaired) electrons. The van der Waals surface area contributed by atoms with Crippen molar-refractivity contribution in [2.45, 2.75) is 29.9 Å². The van der Waals surface area contributed by atoms with Crippen molar-refractivity contribution in [3.05, 3.63) is 74.6 Å². The van der Waals surface area contributed by atoms with Gasteiger partial charge in [-0.25, -0.2) is 8.42 Å². The third-order valence-corrected chi connectivity index (χ3v) is 8.41. The SMILES string of the molecule is CC(C)c1ccc(S(=O)(=O)[C@@H](CNC(=O)c2cccs2)c2cccs2)cc1. The number of hydrogen-bond acceptors (Lipinski definition) is 5. The van der Waals surface area contributed by atoms with E-state index in [9.17, 15) is 13.2 Å². The molecule has 0 unspecified atom stereocenters. The number of carbonyl (C=O) groups excluding carboxylic acids is 1. The molecule has 2 aromatic heterocycles. The van der Waals surface area contributed by atoms with Crippen molar-refractivity contribution in [2.24, 2.45) is 0 Å². The molecule has 0 aliphatic heterocycles. The number of hydrogen-bond donors (Lipinski definition) is 1. The average Bonchev–Trinajstić information content (AvgIpc) is 3.35. The molecule has 0 saturated carbocycles. The third kappa shape index (κ3) is 4.48. The van der Waals surface area contributed by atoms with Crippen molar-refractivity contribution in [3.8, 4) is 0 Å². The van der Waals surface area contributed by atoms with Crippen LogP contribution in [0.25, 0.3) is 0 Å². The second-order valence-electron chi connectivity index (χ2n) is 6.46. The molecular formula is C20H21NO3S3. The molecule has 1 atom stereocenters. The topological polar surface area (TPSA) is 63.2 Å². The van der Waals surface area contributed by atoms with Crippen LogP contribution < -0.4 is 5.32 Å². The summed E-state index contributed by atoms with van der Waals surface area (Å²) in [5.74, 6) is 0.0804. The molecule has 1 aromatic carbocycles. The first kappa shape index (κ1) is 19.8. The summed E-state index contributed by atoms with van der Waals surface area (Å²) >= 11 is 2.71. The Kier molecular flexibility index (Phi) is 6.14. The standard InChI is InChI=1S/C20H21NO3S3/c1-14(2)15-7-9-16(10-8-15)27(23,24)19(17-5-3-11-25-17)13-21-20(22)18-6-4-12-26-18/h3-12,14,19H,13H2,1-2H3,(H,21,22)/t19-/m0/s1. The van der Waals surface area contributed by atoms with Gasteiger partial charge in [0.05, 0.1) is 9.77 Å². The highest BCUT2D eigenvalue weighted by molar-refractivity contribution is 7.91. The van der Waals surface area contributed by atoms with Crippen LogP contribution in [-0.4, -0.2) is 20.9 Å². The predicted octanol–water partition coefficient (Wildman–Crippen LogP) is 4.88. The maximum atomic E-state index is 13.3. The summed E-state index contributed by atoms with van der Waals surface area (Å²) < 4.78 is 26.5. The van der Waals surface area contributed by atoms with Crippen molar-refractivity contribution in [3.63, 3.8) is 0 Å². The van der Waals surface area contributed by atoms with Gasteiger partial charge in [0.1, 0.15) is 5.25 Å². The Hall–Kier alpha value is -1.96. The smallest absolute Gasteiger partial charge is 0.261 e. The maximum Gasteiger partial charge on any atom is 0.261 e. The van der Waals surface area contributed by atoms with Gasteiger partial charge in [-0.3, -0.25) is 4.79 Å². The summed E-state index contributed by atoms with van der Waals surface area (Å²) in [6.45, 7) is 4.17. The van der Waals surface area contributed by atoms with Crippen LogP contribution in [0.3, 0.4) is 0 Å². The molecule has 2 heterocycles. The number of rotatable bonds is 7. The Morgan fingerprint density at radius 2 is 1.67 bits per heavy atom. The van der Waals surface area contributed by atoms with Crippen LogP contribution in [0.1, 0.15) is 45.1 Å². The summed E-state index contributed by atoms with van der Waals surface area (Å²) in [6.07, 6.45) is 0. The zero-order valence-electron chi connectivity index (χ0n) is 15.1. The highest BCUT2D eigenvalue weighted by Crippen LogP contribution is 2.32. The number of benzene rings is 1. The molecule has 1 amide bonds. The van der Waals surface area contributed by atoms with Gasteiger partial charge in [0.2, 0.25) is 0 Å². The Balaban J connectivity index is 1.87. The predicted molar refractivity (Wildman–Crippen MR) is 111 cm³/mol. The van der Waals surface area contributed by atoms with E-state index in [-0.39, 0.29) is 17.3 Å². The highest BCUT2D eigenvalue weighted by Gasteiger charge is 2.30. The van der Waals surface area contributed by atoms with Crippen molar-refractivity contribution >= 4 is 38.4 Å². The summed E-state index contributed by atoms with van der Waals surface area (Å²) in [5, 5.41) is 5.63. The van der Waals surface area contributed by atoms with E-state index in [1.807, 2.05) is 29.0 Å². The lowest BCUT2D eigenvalue weighted by Crippen LogP contribution is -2.31. The minimum atomic E-state index is -3.63. The van der Waals surface area contributed by atoms with Gasteiger partial charge in [-0.2, -0.15) is 0 Å². The quantitative estimate of drug-likeness (QED) is 0.594. The van der Waals surface area contributed by atoms with Crippen LogP contribution in [0.2, 0.25) is 0 Å². The van der Waals surface area contributed by atoms with Gasteiger partial charge < -0.3 is 5.32 Å². The van der Waals surface area contributed by atoms with Gasteiger partial charge >= 0.3 is 0 Å². The molecule has 0 saturated heterocycles. The van der Waals surface area contributed by atoms with Gasteiger partial charge in [-0.05, 0) is 46.5 Å². The van der Waals surface area contributed by atoms with Crippen molar-refractivity contribution in [1.82, 2.24) is 5.32 Å². The summed E-state index contributed by atoms with van der Waals surface area (Å²) in [5.41, 5.74) is 1.09. The van der Waals surface area contributed by atoms with E-state index in [1.54, 1.807) is 30.3 Å². The molecule has 27 heavy (non-hydrogen) atoms. The number of nitrogens with one attached hydrogen (secondary N) is 1. The summed E-state index contributed by atoms with van der Waals surface area (Å²) in [6, 6.07) is 14.2. The normalized spacial score (nSPS) is 12.9. The first-order valence-electron chi connectivity index (χ1n) is 8.58. The lowest BCUT2D eigenvalue weighted by atomic mass is 10.0. The molecule has 0 bridgehead atoms. The minimum absolute atomic E-state index is 0.0332. The Morgan fingerprint density at radius 3 is 2.22 bits per heavy atom. The molecule has 0 spiro atoms. The maximum absolute atomic E-state index is 13.3. The largest absolute Gasteiger partial charge is 0.350 e. The Morgan fingerprint density at radius 1 is 1.00 bits per heavy atom. The fraction of sp³-hybridized carbons (Fsp3) is 0.250. The van der Waals surface area contributed by atoms with E-state index in [2.05, 4.69) is 19.2 Å². The van der Waals surface area contributed by atoms with Crippen LogP contribution in [0, 0.1) is 0 Å². The molecule has 0 fully saturated rings. The van der Waals surface area contributed by atoms with Crippen LogP contribution in [-0.2, 0) is 9.84 Å². The van der Waals surface area contributed by atoms with E-state index in [0.29, 0.717) is 10.8 Å². The molecule has 142 valence electrons. The van der Waals surface area contributed by atoms with Gasteiger partial charge in [0.15, 0.2) is 9.84 Å². The molecule has 1 N–H and O–H groups in total. The first-order valence-corrected chi connectivity index (χ1v) is 11.9. The Bertz CT molecular complexity index is 974. The fourth-order valence-electron chi connectivity index (χ4n) is 2.72. The number of thiophene rings is 2. The van der Waals surface area contributed by atoms with Crippen LogP contribution >= 0.6 is 22.7 Å². The zero-order chi connectivity index (χ0) is 19.4. The molecule has 7 heteroatoms. The number of carbonyl (C=O) groups is 1. The van der Waals surface area contributed by atoms with Gasteiger partial charge in [-0.15, -0.1) is 22.7 Å². The van der Waals surface area contributed by atoms with Crippen molar-refractivity contribution in [2.75, 3.05) is 6.54 Å². The van der Waals surface area contributed by atoms with Crippen molar-refractivity contribution < 1.29 is 13.2 Å². The summed E-state index contributed by atoms with van der Waals surface area (Å²) in [7, 11) is -3.63. The van der Waals surface area contributed by atoms with Crippen molar-refractivity contribution in [1.29, 1.82) is 0 Å². The zero-order valence-corrected chi connectivity index (χ0v) is 17.5. The lowest BCUT2D eigenvalue weighted by Gasteiger charge is -2.18.